The minimum absolute atomic E-state index is 0.154. The van der Waals surface area contributed by atoms with Crippen LogP contribution in [0.25, 0.3) is 0 Å². The molecule has 0 aliphatic rings. The highest BCUT2D eigenvalue weighted by Gasteiger charge is 2.24. The SMILES string of the molecule is N#CC(O)C(O)c1c(F)cc(Cl)cc1Br. The second kappa shape index (κ2) is 4.90. The van der Waals surface area contributed by atoms with Gasteiger partial charge in [-0.15, -0.1) is 0 Å². The number of nitrogens with zero attached hydrogens (tertiary/aromatic N) is 1. The molecule has 0 saturated heterocycles. The van der Waals surface area contributed by atoms with Crippen molar-refractivity contribution >= 4 is 27.5 Å². The summed E-state index contributed by atoms with van der Waals surface area (Å²) >= 11 is 8.55. The van der Waals surface area contributed by atoms with Crippen molar-refractivity contribution in [1.82, 2.24) is 0 Å². The minimum atomic E-state index is -1.68. The fraction of sp³-hybridized carbons (Fsp3) is 0.222. The minimum Gasteiger partial charge on any atom is -0.384 e. The molecule has 0 heterocycles. The molecule has 3 nitrogen and oxygen atoms in total. The molecule has 0 aliphatic carbocycles. The molecule has 0 radical (unpaired) electrons. The van der Waals surface area contributed by atoms with Gasteiger partial charge in [-0.3, -0.25) is 0 Å². The molecule has 6 heteroatoms. The Bertz CT molecular complexity index is 398. The zero-order valence-corrected chi connectivity index (χ0v) is 9.63. The normalized spacial score (nSPS) is 14.4. The maximum absolute atomic E-state index is 13.4. The lowest BCUT2D eigenvalue weighted by atomic mass is 10.0. The number of hydrogen-bond acceptors (Lipinski definition) is 3. The van der Waals surface area contributed by atoms with E-state index in [9.17, 15) is 9.50 Å². The van der Waals surface area contributed by atoms with Crippen LogP contribution in [0, 0.1) is 17.1 Å². The van der Waals surface area contributed by atoms with E-state index in [-0.39, 0.29) is 15.1 Å². The van der Waals surface area contributed by atoms with Crippen molar-refractivity contribution in [3.05, 3.63) is 33.0 Å². The topological polar surface area (TPSA) is 64.2 Å². The summed E-state index contributed by atoms with van der Waals surface area (Å²) in [5.74, 6) is -0.781. The summed E-state index contributed by atoms with van der Waals surface area (Å²) in [5, 5.41) is 27.1. The maximum atomic E-state index is 13.4. The van der Waals surface area contributed by atoms with Gasteiger partial charge in [-0.25, -0.2) is 4.39 Å². The Morgan fingerprint density at radius 3 is 2.53 bits per heavy atom. The Morgan fingerprint density at radius 1 is 1.47 bits per heavy atom. The van der Waals surface area contributed by atoms with Crippen molar-refractivity contribution in [2.75, 3.05) is 0 Å². The lowest BCUT2D eigenvalue weighted by molar-refractivity contribution is 0.0498. The first-order valence-corrected chi connectivity index (χ1v) is 5.04. The second-order valence-electron chi connectivity index (χ2n) is 2.80. The maximum Gasteiger partial charge on any atom is 0.170 e. The van der Waals surface area contributed by atoms with Gasteiger partial charge < -0.3 is 10.2 Å². The molecular formula is C9H6BrClFNO2. The lowest BCUT2D eigenvalue weighted by Crippen LogP contribution is -2.17. The number of aliphatic hydroxyl groups excluding tert-OH is 2. The van der Waals surface area contributed by atoms with E-state index < -0.39 is 18.0 Å². The molecule has 2 unspecified atom stereocenters. The predicted molar refractivity (Wildman–Crippen MR) is 55.7 cm³/mol. The highest BCUT2D eigenvalue weighted by Crippen LogP contribution is 2.31. The Kier molecular flexibility index (Phi) is 4.05. The third-order valence-electron chi connectivity index (χ3n) is 1.77. The molecule has 0 saturated carbocycles. The summed E-state index contributed by atoms with van der Waals surface area (Å²) in [5.41, 5.74) is -0.187. The first-order valence-electron chi connectivity index (χ1n) is 3.87. The van der Waals surface area contributed by atoms with Crippen molar-refractivity contribution in [3.63, 3.8) is 0 Å². The van der Waals surface area contributed by atoms with Gasteiger partial charge in [-0.1, -0.05) is 27.5 Å². The summed E-state index contributed by atoms with van der Waals surface area (Å²) in [6.45, 7) is 0. The van der Waals surface area contributed by atoms with Crippen molar-refractivity contribution in [2.24, 2.45) is 0 Å². The Morgan fingerprint density at radius 2 is 2.07 bits per heavy atom. The van der Waals surface area contributed by atoms with Crippen LogP contribution >= 0.6 is 27.5 Å². The number of halogens is 3. The van der Waals surface area contributed by atoms with Gasteiger partial charge in [0.2, 0.25) is 0 Å². The summed E-state index contributed by atoms with van der Waals surface area (Å²) in [6.07, 6.45) is -3.29. The van der Waals surface area contributed by atoms with E-state index in [1.54, 1.807) is 0 Å². The fourth-order valence-corrected chi connectivity index (χ4v) is 2.07. The average molecular weight is 295 g/mol. The first-order chi connectivity index (χ1) is 6.97. The largest absolute Gasteiger partial charge is 0.384 e. The average Bonchev–Trinajstić information content (AvgIpc) is 2.14. The summed E-state index contributed by atoms with van der Waals surface area (Å²) in [6, 6.07) is 3.78. The van der Waals surface area contributed by atoms with E-state index in [1.165, 1.54) is 12.1 Å². The van der Waals surface area contributed by atoms with Crippen molar-refractivity contribution in [3.8, 4) is 6.07 Å². The summed E-state index contributed by atoms with van der Waals surface area (Å²) in [7, 11) is 0. The zero-order valence-electron chi connectivity index (χ0n) is 7.28. The Hall–Kier alpha value is -0.670. The number of hydrogen-bond donors (Lipinski definition) is 2. The molecule has 0 fully saturated rings. The monoisotopic (exact) mass is 293 g/mol. The van der Waals surface area contributed by atoms with Crippen LogP contribution in [0.5, 0.6) is 0 Å². The third kappa shape index (κ3) is 2.67. The molecule has 1 aromatic rings. The van der Waals surface area contributed by atoms with Crippen LogP contribution in [-0.2, 0) is 0 Å². The first kappa shape index (κ1) is 12.4. The second-order valence-corrected chi connectivity index (χ2v) is 4.09. The van der Waals surface area contributed by atoms with E-state index >= 15 is 0 Å². The van der Waals surface area contributed by atoms with E-state index in [1.807, 2.05) is 0 Å². The third-order valence-corrected chi connectivity index (χ3v) is 2.65. The molecule has 0 spiro atoms. The summed E-state index contributed by atoms with van der Waals surface area (Å²) in [4.78, 5) is 0. The van der Waals surface area contributed by atoms with Gasteiger partial charge in [0.1, 0.15) is 11.9 Å². The smallest absolute Gasteiger partial charge is 0.170 e. The molecule has 0 aliphatic heterocycles. The molecule has 1 aromatic carbocycles. The zero-order chi connectivity index (χ0) is 11.6. The number of nitriles is 1. The van der Waals surface area contributed by atoms with Crippen molar-refractivity contribution < 1.29 is 14.6 Å². The summed E-state index contributed by atoms with van der Waals surface area (Å²) < 4.78 is 13.6. The van der Waals surface area contributed by atoms with E-state index in [4.69, 9.17) is 22.0 Å². The van der Waals surface area contributed by atoms with E-state index in [0.29, 0.717) is 0 Å². The number of benzene rings is 1. The quantitative estimate of drug-likeness (QED) is 0.822. The molecule has 0 amide bonds. The van der Waals surface area contributed by atoms with Crippen molar-refractivity contribution in [2.45, 2.75) is 12.2 Å². The standard InChI is InChI=1S/C9H6BrClFNO2/c10-5-1-4(11)2-6(12)8(5)9(15)7(14)3-13/h1-2,7,9,14-15H. The van der Waals surface area contributed by atoms with Gasteiger partial charge in [-0.05, 0) is 12.1 Å². The molecule has 15 heavy (non-hydrogen) atoms. The van der Waals surface area contributed by atoms with E-state index in [2.05, 4.69) is 15.9 Å². The van der Waals surface area contributed by atoms with Crippen LogP contribution in [0.15, 0.2) is 16.6 Å². The van der Waals surface area contributed by atoms with Crippen LogP contribution < -0.4 is 0 Å². The molecule has 1 rings (SSSR count). The van der Waals surface area contributed by atoms with Gasteiger partial charge in [0, 0.05) is 15.1 Å². The fourth-order valence-electron chi connectivity index (χ4n) is 1.06. The van der Waals surface area contributed by atoms with E-state index in [0.717, 1.165) is 6.07 Å². The van der Waals surface area contributed by atoms with Crippen LogP contribution in [0.3, 0.4) is 0 Å². The Balaban J connectivity index is 3.21. The Labute approximate surface area is 98.8 Å². The highest BCUT2D eigenvalue weighted by molar-refractivity contribution is 9.10. The van der Waals surface area contributed by atoms with Gasteiger partial charge in [0.05, 0.1) is 6.07 Å². The predicted octanol–water partition coefficient (Wildman–Crippen LogP) is 2.16. The van der Waals surface area contributed by atoms with Crippen molar-refractivity contribution in [1.29, 1.82) is 5.26 Å². The van der Waals surface area contributed by atoms with Gasteiger partial charge in [0.25, 0.3) is 0 Å². The van der Waals surface area contributed by atoms with Crippen LogP contribution in [-0.4, -0.2) is 16.3 Å². The van der Waals surface area contributed by atoms with Gasteiger partial charge in [-0.2, -0.15) is 5.26 Å². The van der Waals surface area contributed by atoms with Gasteiger partial charge >= 0.3 is 0 Å². The molecule has 80 valence electrons. The lowest BCUT2D eigenvalue weighted by Gasteiger charge is -2.14. The number of rotatable bonds is 2. The molecule has 0 bridgehead atoms. The van der Waals surface area contributed by atoms with Crippen LogP contribution in [0.2, 0.25) is 5.02 Å². The van der Waals surface area contributed by atoms with Crippen LogP contribution in [0.1, 0.15) is 11.7 Å². The highest BCUT2D eigenvalue weighted by atomic mass is 79.9. The molecule has 2 atom stereocenters. The molecule has 0 aromatic heterocycles. The molecular weight excluding hydrogens is 288 g/mol. The van der Waals surface area contributed by atoms with Crippen LogP contribution in [0.4, 0.5) is 4.39 Å². The van der Waals surface area contributed by atoms with Gasteiger partial charge in [0.15, 0.2) is 6.10 Å². The number of aliphatic hydroxyl groups is 2. The molecule has 2 N–H and O–H groups in total.